The summed E-state index contributed by atoms with van der Waals surface area (Å²) < 4.78 is 4.70. The van der Waals surface area contributed by atoms with Gasteiger partial charge in [0, 0.05) is 12.4 Å². The van der Waals surface area contributed by atoms with Crippen LogP contribution in [0.4, 0.5) is 0 Å². The van der Waals surface area contributed by atoms with E-state index in [1.807, 2.05) is 0 Å². The predicted octanol–water partition coefficient (Wildman–Crippen LogP) is 0.247. The molecule has 0 aliphatic carbocycles. The van der Waals surface area contributed by atoms with Gasteiger partial charge in [-0.15, -0.1) is 0 Å². The summed E-state index contributed by atoms with van der Waals surface area (Å²) in [7, 11) is 0. The number of aromatic nitrogens is 2. The largest absolute Gasteiger partial charge is 0.464 e. The molecular weight excluding hydrogens is 184 g/mol. The Morgan fingerprint density at radius 3 is 2.86 bits per heavy atom. The second-order valence-electron chi connectivity index (χ2n) is 2.88. The molecule has 0 fully saturated rings. The Labute approximate surface area is 81.8 Å². The van der Waals surface area contributed by atoms with Crippen molar-refractivity contribution in [3.8, 4) is 0 Å². The number of hydrogen-bond acceptors (Lipinski definition) is 5. The molecule has 1 heterocycles. The second-order valence-corrected chi connectivity index (χ2v) is 2.88. The number of hydrogen-bond donors (Lipinski definition) is 1. The van der Waals surface area contributed by atoms with Crippen LogP contribution in [0.25, 0.3) is 0 Å². The Hall–Kier alpha value is -1.49. The molecule has 1 aromatic heterocycles. The average molecular weight is 196 g/mol. The fourth-order valence-electron chi connectivity index (χ4n) is 0.927. The van der Waals surface area contributed by atoms with Crippen LogP contribution in [0.1, 0.15) is 19.5 Å². The van der Waals surface area contributed by atoms with Gasteiger partial charge in [-0.3, -0.25) is 9.97 Å². The van der Waals surface area contributed by atoms with Gasteiger partial charge in [-0.25, -0.2) is 4.79 Å². The zero-order valence-corrected chi connectivity index (χ0v) is 8.10. The van der Waals surface area contributed by atoms with E-state index in [0.717, 1.165) is 0 Å². The van der Waals surface area contributed by atoms with E-state index in [0.29, 0.717) is 0 Å². The molecule has 0 aromatic carbocycles. The molecule has 5 heteroatoms. The molecule has 1 aromatic rings. The Morgan fingerprint density at radius 1 is 1.64 bits per heavy atom. The topological polar surface area (TPSA) is 72.3 Å². The monoisotopic (exact) mass is 196 g/mol. The quantitative estimate of drug-likeness (QED) is 0.701. The standard InChI is InChI=1S/C9H12N2O3/c1-3-14-8(12)9(2,13)7-6-10-4-5-11-7/h4-6,13H,3H2,1-2H3. The number of nitrogens with zero attached hydrogens (tertiary/aromatic N) is 2. The van der Waals surface area contributed by atoms with Crippen LogP contribution in [0.2, 0.25) is 0 Å². The highest BCUT2D eigenvalue weighted by atomic mass is 16.5. The number of rotatable bonds is 3. The highest BCUT2D eigenvalue weighted by molar-refractivity contribution is 5.79. The molecule has 1 atom stereocenters. The van der Waals surface area contributed by atoms with Crippen LogP contribution in [0.15, 0.2) is 18.6 Å². The molecular formula is C9H12N2O3. The van der Waals surface area contributed by atoms with Crippen molar-refractivity contribution in [1.29, 1.82) is 0 Å². The predicted molar refractivity (Wildman–Crippen MR) is 48.2 cm³/mol. The molecule has 0 aliphatic rings. The number of esters is 1. The molecule has 0 spiro atoms. The highest BCUT2D eigenvalue weighted by Gasteiger charge is 2.35. The van der Waals surface area contributed by atoms with Crippen molar-refractivity contribution in [2.75, 3.05) is 6.61 Å². The Morgan fingerprint density at radius 2 is 2.36 bits per heavy atom. The van der Waals surface area contributed by atoms with Crippen molar-refractivity contribution in [1.82, 2.24) is 9.97 Å². The fourth-order valence-corrected chi connectivity index (χ4v) is 0.927. The number of carbonyl (C=O) groups is 1. The zero-order valence-electron chi connectivity index (χ0n) is 8.10. The number of carbonyl (C=O) groups excluding carboxylic acids is 1. The Balaban J connectivity index is 2.90. The molecule has 76 valence electrons. The van der Waals surface area contributed by atoms with Gasteiger partial charge in [0.05, 0.1) is 12.8 Å². The maximum Gasteiger partial charge on any atom is 0.344 e. The van der Waals surface area contributed by atoms with Crippen molar-refractivity contribution in [2.24, 2.45) is 0 Å². The van der Waals surface area contributed by atoms with Crippen LogP contribution in [0.3, 0.4) is 0 Å². The van der Waals surface area contributed by atoms with Crippen LogP contribution in [0, 0.1) is 0 Å². The van der Waals surface area contributed by atoms with E-state index in [4.69, 9.17) is 4.74 Å². The lowest BCUT2D eigenvalue weighted by Gasteiger charge is -2.19. The smallest absolute Gasteiger partial charge is 0.344 e. The van der Waals surface area contributed by atoms with E-state index in [9.17, 15) is 9.90 Å². The molecule has 14 heavy (non-hydrogen) atoms. The molecule has 0 amide bonds. The second kappa shape index (κ2) is 4.15. The molecule has 1 unspecified atom stereocenters. The summed E-state index contributed by atoms with van der Waals surface area (Å²) in [4.78, 5) is 18.9. The maximum atomic E-state index is 11.3. The maximum absolute atomic E-state index is 11.3. The van der Waals surface area contributed by atoms with Gasteiger partial charge >= 0.3 is 5.97 Å². The van der Waals surface area contributed by atoms with Crippen LogP contribution in [0.5, 0.6) is 0 Å². The van der Waals surface area contributed by atoms with Gasteiger partial charge in [-0.05, 0) is 13.8 Å². The Bertz CT molecular complexity index is 311. The van der Waals surface area contributed by atoms with Crippen LogP contribution in [-0.4, -0.2) is 27.7 Å². The van der Waals surface area contributed by atoms with E-state index >= 15 is 0 Å². The molecule has 0 saturated heterocycles. The molecule has 0 bridgehead atoms. The van der Waals surface area contributed by atoms with Crippen molar-refractivity contribution in [3.63, 3.8) is 0 Å². The summed E-state index contributed by atoms with van der Waals surface area (Å²) in [5, 5.41) is 9.81. The Kier molecular flexibility index (Phi) is 3.14. The first-order valence-corrected chi connectivity index (χ1v) is 4.25. The van der Waals surface area contributed by atoms with E-state index < -0.39 is 11.6 Å². The summed E-state index contributed by atoms with van der Waals surface area (Å²) >= 11 is 0. The third-order valence-electron chi connectivity index (χ3n) is 1.73. The van der Waals surface area contributed by atoms with Gasteiger partial charge in [0.15, 0.2) is 0 Å². The summed E-state index contributed by atoms with van der Waals surface area (Å²) in [5.41, 5.74) is -1.55. The third-order valence-corrected chi connectivity index (χ3v) is 1.73. The summed E-state index contributed by atoms with van der Waals surface area (Å²) in [6.07, 6.45) is 4.20. The van der Waals surface area contributed by atoms with Crippen LogP contribution in [-0.2, 0) is 15.1 Å². The normalized spacial score (nSPS) is 14.5. The lowest BCUT2D eigenvalue weighted by Crippen LogP contribution is -2.35. The minimum absolute atomic E-state index is 0.179. The van der Waals surface area contributed by atoms with Crippen LogP contribution < -0.4 is 0 Å². The SMILES string of the molecule is CCOC(=O)C(C)(O)c1cnccn1. The summed E-state index contributed by atoms with van der Waals surface area (Å²) in [5.74, 6) is -0.722. The molecule has 0 saturated carbocycles. The number of aliphatic hydroxyl groups is 1. The lowest BCUT2D eigenvalue weighted by atomic mass is 10.0. The fraction of sp³-hybridized carbons (Fsp3) is 0.444. The van der Waals surface area contributed by atoms with Crippen molar-refractivity contribution >= 4 is 5.97 Å². The molecule has 1 rings (SSSR count). The molecule has 5 nitrogen and oxygen atoms in total. The number of ether oxygens (including phenoxy) is 1. The van der Waals surface area contributed by atoms with E-state index in [2.05, 4.69) is 9.97 Å². The zero-order chi connectivity index (χ0) is 10.6. The van der Waals surface area contributed by atoms with Gasteiger partial charge in [0.1, 0.15) is 5.69 Å². The third kappa shape index (κ3) is 2.05. The van der Waals surface area contributed by atoms with Crippen molar-refractivity contribution in [2.45, 2.75) is 19.4 Å². The van der Waals surface area contributed by atoms with E-state index in [1.165, 1.54) is 25.5 Å². The van der Waals surface area contributed by atoms with Gasteiger partial charge in [-0.2, -0.15) is 0 Å². The minimum atomic E-state index is -1.73. The molecule has 1 N–H and O–H groups in total. The molecule has 0 radical (unpaired) electrons. The van der Waals surface area contributed by atoms with Gasteiger partial charge in [0.25, 0.3) is 0 Å². The average Bonchev–Trinajstić information content (AvgIpc) is 2.19. The van der Waals surface area contributed by atoms with E-state index in [-0.39, 0.29) is 12.3 Å². The van der Waals surface area contributed by atoms with Crippen LogP contribution >= 0.6 is 0 Å². The first-order chi connectivity index (χ1) is 6.59. The first kappa shape index (κ1) is 10.6. The van der Waals surface area contributed by atoms with Crippen molar-refractivity contribution in [3.05, 3.63) is 24.3 Å². The van der Waals surface area contributed by atoms with Crippen molar-refractivity contribution < 1.29 is 14.6 Å². The summed E-state index contributed by atoms with van der Waals surface area (Å²) in [6.45, 7) is 3.22. The minimum Gasteiger partial charge on any atom is -0.464 e. The first-order valence-electron chi connectivity index (χ1n) is 4.25. The van der Waals surface area contributed by atoms with Gasteiger partial charge in [0.2, 0.25) is 5.60 Å². The molecule has 0 aliphatic heterocycles. The summed E-state index contributed by atoms with van der Waals surface area (Å²) in [6, 6.07) is 0. The van der Waals surface area contributed by atoms with Gasteiger partial charge < -0.3 is 9.84 Å². The van der Waals surface area contributed by atoms with E-state index in [1.54, 1.807) is 6.92 Å². The lowest BCUT2D eigenvalue weighted by molar-refractivity contribution is -0.164. The highest BCUT2D eigenvalue weighted by Crippen LogP contribution is 2.18. The van der Waals surface area contributed by atoms with Gasteiger partial charge in [-0.1, -0.05) is 0 Å².